The molecule has 1 fully saturated rings. The first-order chi connectivity index (χ1) is 8.66. The van der Waals surface area contributed by atoms with Crippen LogP contribution in [0.4, 0.5) is 0 Å². The molecular weight excluding hydrogens is 228 g/mol. The van der Waals surface area contributed by atoms with E-state index in [0.29, 0.717) is 5.96 Å². The lowest BCUT2D eigenvalue weighted by Crippen LogP contribution is -2.34. The molecule has 0 aromatic carbocycles. The molecule has 0 aliphatic heterocycles. The number of aromatic nitrogens is 1. The standard InChI is InChI=1S/C13H22N4O/c1-9-12(10(2)18-17-9)6-7-15-13(14)16-8-11-4-3-5-11/h11H,3-8H2,1-2H3,(H3,14,15,16). The van der Waals surface area contributed by atoms with Crippen LogP contribution in [0.2, 0.25) is 0 Å². The van der Waals surface area contributed by atoms with Gasteiger partial charge in [-0.3, -0.25) is 4.99 Å². The molecule has 2 rings (SSSR count). The number of aryl methyl sites for hydroxylation is 2. The largest absolute Gasteiger partial charge is 0.370 e. The normalized spacial score (nSPS) is 16.7. The summed E-state index contributed by atoms with van der Waals surface area (Å²) < 4.78 is 5.11. The number of hydrogen-bond acceptors (Lipinski definition) is 3. The van der Waals surface area contributed by atoms with Crippen LogP contribution >= 0.6 is 0 Å². The van der Waals surface area contributed by atoms with Crippen molar-refractivity contribution >= 4 is 5.96 Å². The summed E-state index contributed by atoms with van der Waals surface area (Å²) in [7, 11) is 0. The highest BCUT2D eigenvalue weighted by atomic mass is 16.5. The highest BCUT2D eigenvalue weighted by Crippen LogP contribution is 2.26. The molecule has 1 heterocycles. The minimum absolute atomic E-state index is 0.550. The zero-order valence-corrected chi connectivity index (χ0v) is 11.2. The molecule has 5 heteroatoms. The number of nitrogens with zero attached hydrogens (tertiary/aromatic N) is 2. The average molecular weight is 250 g/mol. The third kappa shape index (κ3) is 3.24. The zero-order valence-electron chi connectivity index (χ0n) is 11.2. The maximum atomic E-state index is 5.82. The Hall–Kier alpha value is -1.52. The number of guanidine groups is 1. The van der Waals surface area contributed by atoms with E-state index in [1.165, 1.54) is 19.3 Å². The summed E-state index contributed by atoms with van der Waals surface area (Å²) in [5.41, 5.74) is 7.94. The highest BCUT2D eigenvalue weighted by Gasteiger charge is 2.16. The topological polar surface area (TPSA) is 76.4 Å². The smallest absolute Gasteiger partial charge is 0.188 e. The summed E-state index contributed by atoms with van der Waals surface area (Å²) >= 11 is 0. The Balaban J connectivity index is 1.71. The lowest BCUT2D eigenvalue weighted by molar-refractivity contribution is 0.326. The molecule has 18 heavy (non-hydrogen) atoms. The summed E-state index contributed by atoms with van der Waals surface area (Å²) in [6, 6.07) is 0. The van der Waals surface area contributed by atoms with Crippen molar-refractivity contribution in [3.05, 3.63) is 17.0 Å². The molecule has 0 spiro atoms. The second-order valence-corrected chi connectivity index (χ2v) is 5.00. The van der Waals surface area contributed by atoms with Crippen molar-refractivity contribution < 1.29 is 4.52 Å². The lowest BCUT2D eigenvalue weighted by atomic mass is 9.86. The van der Waals surface area contributed by atoms with Crippen LogP contribution in [0.3, 0.4) is 0 Å². The Morgan fingerprint density at radius 1 is 1.50 bits per heavy atom. The summed E-state index contributed by atoms with van der Waals surface area (Å²) in [6.07, 6.45) is 4.81. The summed E-state index contributed by atoms with van der Waals surface area (Å²) in [5, 5.41) is 7.07. The molecule has 0 unspecified atom stereocenters. The van der Waals surface area contributed by atoms with Gasteiger partial charge >= 0.3 is 0 Å². The monoisotopic (exact) mass is 250 g/mol. The Morgan fingerprint density at radius 3 is 2.83 bits per heavy atom. The van der Waals surface area contributed by atoms with Gasteiger partial charge < -0.3 is 15.6 Å². The molecule has 0 saturated heterocycles. The number of hydrogen-bond donors (Lipinski definition) is 2. The van der Waals surface area contributed by atoms with Crippen LogP contribution < -0.4 is 11.1 Å². The molecule has 0 bridgehead atoms. The second-order valence-electron chi connectivity index (χ2n) is 5.00. The Bertz CT molecular complexity index is 401. The van der Waals surface area contributed by atoms with Crippen LogP contribution in [-0.4, -0.2) is 24.2 Å². The molecule has 5 nitrogen and oxygen atoms in total. The molecule has 1 saturated carbocycles. The summed E-state index contributed by atoms with van der Waals surface area (Å²) in [5.74, 6) is 2.20. The minimum atomic E-state index is 0.550. The second kappa shape index (κ2) is 5.89. The summed E-state index contributed by atoms with van der Waals surface area (Å²) in [6.45, 7) is 5.52. The van der Waals surface area contributed by atoms with E-state index in [4.69, 9.17) is 10.3 Å². The molecule has 1 aliphatic rings. The Morgan fingerprint density at radius 2 is 2.28 bits per heavy atom. The average Bonchev–Trinajstić information content (AvgIpc) is 2.58. The molecule has 0 amide bonds. The predicted octanol–water partition coefficient (Wildman–Crippen LogP) is 1.54. The van der Waals surface area contributed by atoms with Crippen LogP contribution in [0.25, 0.3) is 0 Å². The van der Waals surface area contributed by atoms with Gasteiger partial charge in [-0.15, -0.1) is 0 Å². The van der Waals surface area contributed by atoms with E-state index < -0.39 is 0 Å². The molecule has 1 aromatic rings. The first-order valence-corrected chi connectivity index (χ1v) is 6.62. The molecule has 0 atom stereocenters. The van der Waals surface area contributed by atoms with Gasteiger partial charge in [-0.25, -0.2) is 0 Å². The lowest BCUT2D eigenvalue weighted by Gasteiger charge is -2.23. The van der Waals surface area contributed by atoms with Crippen molar-refractivity contribution in [2.24, 2.45) is 16.6 Å². The van der Waals surface area contributed by atoms with Crippen molar-refractivity contribution in [3.8, 4) is 0 Å². The molecule has 1 aliphatic carbocycles. The quantitative estimate of drug-likeness (QED) is 0.614. The van der Waals surface area contributed by atoms with E-state index in [9.17, 15) is 0 Å². The van der Waals surface area contributed by atoms with Crippen molar-refractivity contribution in [1.82, 2.24) is 10.5 Å². The fourth-order valence-electron chi connectivity index (χ4n) is 2.13. The first-order valence-electron chi connectivity index (χ1n) is 6.62. The minimum Gasteiger partial charge on any atom is -0.370 e. The van der Waals surface area contributed by atoms with Crippen LogP contribution in [-0.2, 0) is 6.42 Å². The number of rotatable bonds is 5. The van der Waals surface area contributed by atoms with E-state index >= 15 is 0 Å². The van der Waals surface area contributed by atoms with Gasteiger partial charge in [0.2, 0.25) is 0 Å². The highest BCUT2D eigenvalue weighted by molar-refractivity contribution is 5.77. The van der Waals surface area contributed by atoms with Crippen LogP contribution in [0.15, 0.2) is 9.52 Å². The first kappa shape index (κ1) is 12.9. The Kier molecular flexibility index (Phi) is 4.23. The van der Waals surface area contributed by atoms with Crippen molar-refractivity contribution in [3.63, 3.8) is 0 Å². The van der Waals surface area contributed by atoms with Gasteiger partial charge in [0, 0.05) is 18.7 Å². The van der Waals surface area contributed by atoms with Gasteiger partial charge in [-0.2, -0.15) is 0 Å². The SMILES string of the molecule is Cc1noc(C)c1CCNC(N)=NCC1CCC1. The van der Waals surface area contributed by atoms with E-state index in [-0.39, 0.29) is 0 Å². The van der Waals surface area contributed by atoms with E-state index in [0.717, 1.165) is 42.4 Å². The van der Waals surface area contributed by atoms with Gasteiger partial charge in [0.05, 0.1) is 5.69 Å². The third-order valence-corrected chi connectivity index (χ3v) is 3.61. The van der Waals surface area contributed by atoms with Gasteiger partial charge in [-0.1, -0.05) is 11.6 Å². The maximum absolute atomic E-state index is 5.82. The van der Waals surface area contributed by atoms with Crippen molar-refractivity contribution in [1.29, 1.82) is 0 Å². The predicted molar refractivity (Wildman–Crippen MR) is 71.5 cm³/mol. The van der Waals surface area contributed by atoms with Crippen LogP contribution in [0.5, 0.6) is 0 Å². The van der Waals surface area contributed by atoms with Crippen molar-refractivity contribution in [2.45, 2.75) is 39.5 Å². The molecule has 100 valence electrons. The van der Waals surface area contributed by atoms with Crippen LogP contribution in [0, 0.1) is 19.8 Å². The van der Waals surface area contributed by atoms with Gasteiger partial charge in [-0.05, 0) is 39.0 Å². The summed E-state index contributed by atoms with van der Waals surface area (Å²) in [4.78, 5) is 4.35. The van der Waals surface area contributed by atoms with Gasteiger partial charge in [0.1, 0.15) is 5.76 Å². The van der Waals surface area contributed by atoms with Crippen LogP contribution in [0.1, 0.15) is 36.3 Å². The zero-order chi connectivity index (χ0) is 13.0. The van der Waals surface area contributed by atoms with E-state index in [1.807, 2.05) is 13.8 Å². The number of nitrogens with one attached hydrogen (secondary N) is 1. The molecular formula is C13H22N4O. The fourth-order valence-corrected chi connectivity index (χ4v) is 2.13. The van der Waals surface area contributed by atoms with E-state index in [1.54, 1.807) is 0 Å². The third-order valence-electron chi connectivity index (χ3n) is 3.61. The molecule has 1 aromatic heterocycles. The maximum Gasteiger partial charge on any atom is 0.188 e. The number of nitrogens with two attached hydrogens (primary N) is 1. The fraction of sp³-hybridized carbons (Fsp3) is 0.692. The van der Waals surface area contributed by atoms with E-state index in [2.05, 4.69) is 15.5 Å². The van der Waals surface area contributed by atoms with Gasteiger partial charge in [0.15, 0.2) is 5.96 Å². The van der Waals surface area contributed by atoms with Gasteiger partial charge in [0.25, 0.3) is 0 Å². The Labute approximate surface area is 108 Å². The number of aliphatic imine (C=N–C) groups is 1. The van der Waals surface area contributed by atoms with Crippen molar-refractivity contribution in [2.75, 3.05) is 13.1 Å². The molecule has 0 radical (unpaired) electrons. The molecule has 3 N–H and O–H groups in total.